The normalized spacial score (nSPS) is 27.2. The van der Waals surface area contributed by atoms with Crippen molar-refractivity contribution in [3.05, 3.63) is 34.7 Å². The van der Waals surface area contributed by atoms with Crippen LogP contribution >= 0.6 is 0 Å². The van der Waals surface area contributed by atoms with Gasteiger partial charge in [0, 0.05) is 24.4 Å². The van der Waals surface area contributed by atoms with Gasteiger partial charge >= 0.3 is 0 Å². The van der Waals surface area contributed by atoms with E-state index in [-0.39, 0.29) is 24.9 Å². The summed E-state index contributed by atoms with van der Waals surface area (Å²) in [5.41, 5.74) is 1.37. The quantitative estimate of drug-likeness (QED) is 0.649. The molecule has 1 aliphatic carbocycles. The van der Waals surface area contributed by atoms with E-state index in [0.717, 1.165) is 48.6 Å². The summed E-state index contributed by atoms with van der Waals surface area (Å²) in [6, 6.07) is 5.33. The van der Waals surface area contributed by atoms with Crippen LogP contribution in [0.15, 0.2) is 28.6 Å². The van der Waals surface area contributed by atoms with E-state index in [9.17, 15) is 18.0 Å². The van der Waals surface area contributed by atoms with E-state index in [0.29, 0.717) is 37.5 Å². The lowest BCUT2D eigenvalue weighted by atomic mass is 9.82. The standard InChI is InChI=1S/C26H34N4O5S/c1-18-3-5-21(6-4-18)24-27-25(32)26(28-24)11-13-29(14-12-26)36(33,34)16-10-20-7-8-22(17-19(20)2)30-23(31)9-15-35-30/h7-8,10,16-18,21H,3-6,9,11-15H2,1-2H3,(H,27,28,32). The third kappa shape index (κ3) is 4.86. The van der Waals surface area contributed by atoms with Crippen LogP contribution in [0.5, 0.6) is 0 Å². The molecule has 0 atom stereocenters. The van der Waals surface area contributed by atoms with Crippen LogP contribution < -0.4 is 10.4 Å². The topological polar surface area (TPSA) is 108 Å². The molecule has 3 heterocycles. The lowest BCUT2D eigenvalue weighted by molar-refractivity contribution is -0.125. The number of hydrogen-bond donors (Lipinski definition) is 1. The number of rotatable bonds is 5. The van der Waals surface area contributed by atoms with E-state index >= 15 is 0 Å². The highest BCUT2D eigenvalue weighted by atomic mass is 32.2. The number of piperidine rings is 1. The second-order valence-corrected chi connectivity index (χ2v) is 12.3. The zero-order valence-corrected chi connectivity index (χ0v) is 21.7. The van der Waals surface area contributed by atoms with Gasteiger partial charge in [0.2, 0.25) is 10.0 Å². The van der Waals surface area contributed by atoms with Crippen LogP contribution in [0, 0.1) is 18.8 Å². The van der Waals surface area contributed by atoms with Gasteiger partial charge in [0.05, 0.1) is 18.7 Å². The highest BCUT2D eigenvalue weighted by Crippen LogP contribution is 2.36. The Hall–Kier alpha value is -2.56. The first-order valence-corrected chi connectivity index (χ1v) is 14.3. The molecule has 10 heteroatoms. The van der Waals surface area contributed by atoms with E-state index in [1.807, 2.05) is 6.92 Å². The number of sulfonamides is 1. The number of hydrogen-bond acceptors (Lipinski definition) is 6. The molecule has 1 N–H and O–H groups in total. The molecule has 2 amide bonds. The first-order chi connectivity index (χ1) is 17.2. The zero-order chi connectivity index (χ0) is 25.5. The predicted molar refractivity (Wildman–Crippen MR) is 137 cm³/mol. The molecule has 1 aromatic rings. The fourth-order valence-electron chi connectivity index (χ4n) is 5.55. The van der Waals surface area contributed by atoms with Crippen LogP contribution in [0.2, 0.25) is 0 Å². The summed E-state index contributed by atoms with van der Waals surface area (Å²) in [4.78, 5) is 35.0. The average molecular weight is 515 g/mol. The fourth-order valence-corrected chi connectivity index (χ4v) is 6.74. The van der Waals surface area contributed by atoms with E-state index < -0.39 is 15.6 Å². The monoisotopic (exact) mass is 514 g/mol. The van der Waals surface area contributed by atoms with Crippen molar-refractivity contribution >= 4 is 39.4 Å². The average Bonchev–Trinajstić information content (AvgIpc) is 3.42. The molecule has 9 nitrogen and oxygen atoms in total. The van der Waals surface area contributed by atoms with Crippen molar-refractivity contribution in [1.82, 2.24) is 9.62 Å². The molecule has 1 spiro atoms. The summed E-state index contributed by atoms with van der Waals surface area (Å²) in [7, 11) is -3.65. The summed E-state index contributed by atoms with van der Waals surface area (Å²) in [6.07, 6.45) is 7.09. The van der Waals surface area contributed by atoms with Gasteiger partial charge in [-0.2, -0.15) is 9.37 Å². The summed E-state index contributed by atoms with van der Waals surface area (Å²) in [5, 5.41) is 5.53. The van der Waals surface area contributed by atoms with Crippen LogP contribution in [0.4, 0.5) is 5.69 Å². The number of carbonyl (C=O) groups excluding carboxylic acids is 2. The van der Waals surface area contributed by atoms with Gasteiger partial charge < -0.3 is 5.32 Å². The molecule has 194 valence electrons. The Morgan fingerprint density at radius 1 is 1.14 bits per heavy atom. The van der Waals surface area contributed by atoms with Crippen LogP contribution in [0.3, 0.4) is 0 Å². The lowest BCUT2D eigenvalue weighted by Crippen LogP contribution is -2.50. The number of hydroxylamine groups is 1. The third-order valence-electron chi connectivity index (χ3n) is 7.98. The minimum absolute atomic E-state index is 0.0834. The Morgan fingerprint density at radius 2 is 1.86 bits per heavy atom. The second-order valence-electron chi connectivity index (χ2n) is 10.5. The molecule has 4 aliphatic rings. The van der Waals surface area contributed by atoms with Crippen molar-refractivity contribution in [2.75, 3.05) is 24.8 Å². The van der Waals surface area contributed by atoms with Gasteiger partial charge in [-0.3, -0.25) is 19.4 Å². The number of amidine groups is 1. The number of amides is 2. The molecule has 5 rings (SSSR count). The van der Waals surface area contributed by atoms with Gasteiger partial charge in [0.1, 0.15) is 11.4 Å². The van der Waals surface area contributed by atoms with Crippen molar-refractivity contribution in [1.29, 1.82) is 0 Å². The lowest BCUT2D eigenvalue weighted by Gasteiger charge is -2.34. The van der Waals surface area contributed by atoms with Gasteiger partial charge in [-0.25, -0.2) is 8.42 Å². The summed E-state index contributed by atoms with van der Waals surface area (Å²) >= 11 is 0. The summed E-state index contributed by atoms with van der Waals surface area (Å²) in [6.45, 7) is 5.00. The third-order valence-corrected chi connectivity index (χ3v) is 9.55. The maximum Gasteiger partial charge on any atom is 0.253 e. The Balaban J connectivity index is 1.23. The number of benzene rings is 1. The fraction of sp³-hybridized carbons (Fsp3) is 0.577. The predicted octanol–water partition coefficient (Wildman–Crippen LogP) is 3.15. The molecular weight excluding hydrogens is 480 g/mol. The highest BCUT2D eigenvalue weighted by molar-refractivity contribution is 7.92. The maximum absolute atomic E-state index is 13.0. The highest BCUT2D eigenvalue weighted by Gasteiger charge is 2.48. The number of nitrogens with one attached hydrogen (secondary N) is 1. The number of carbonyl (C=O) groups is 2. The molecule has 0 unspecified atom stereocenters. The first-order valence-electron chi connectivity index (χ1n) is 12.8. The SMILES string of the molecule is Cc1cc(N2OCCC2=O)ccc1C=CS(=O)(=O)N1CCC2(CC1)N=C(C1CCC(C)CC1)NC2=O. The van der Waals surface area contributed by atoms with Crippen molar-refractivity contribution < 1.29 is 22.8 Å². The number of aryl methyl sites for hydroxylation is 1. The molecule has 3 aliphatic heterocycles. The second kappa shape index (κ2) is 9.72. The zero-order valence-electron chi connectivity index (χ0n) is 20.9. The van der Waals surface area contributed by atoms with E-state index in [1.54, 1.807) is 24.3 Å². The molecule has 3 fully saturated rings. The minimum atomic E-state index is -3.65. The van der Waals surface area contributed by atoms with Crippen LogP contribution in [0.25, 0.3) is 6.08 Å². The van der Waals surface area contributed by atoms with Gasteiger partial charge in [-0.05, 0) is 67.9 Å². The van der Waals surface area contributed by atoms with Crippen LogP contribution in [0.1, 0.15) is 63.0 Å². The largest absolute Gasteiger partial charge is 0.312 e. The van der Waals surface area contributed by atoms with Gasteiger partial charge in [-0.1, -0.05) is 25.8 Å². The molecular formula is C26H34N4O5S. The first kappa shape index (κ1) is 25.1. The molecule has 36 heavy (non-hydrogen) atoms. The van der Waals surface area contributed by atoms with Crippen molar-refractivity contribution in [2.45, 2.75) is 64.3 Å². The molecule has 0 aromatic heterocycles. The van der Waals surface area contributed by atoms with E-state index in [1.165, 1.54) is 14.8 Å². The van der Waals surface area contributed by atoms with Crippen molar-refractivity contribution in [2.24, 2.45) is 16.8 Å². The van der Waals surface area contributed by atoms with Gasteiger partial charge in [0.15, 0.2) is 0 Å². The maximum atomic E-state index is 13.0. The van der Waals surface area contributed by atoms with Crippen LogP contribution in [-0.4, -0.2) is 55.6 Å². The van der Waals surface area contributed by atoms with Gasteiger partial charge in [0.25, 0.3) is 11.8 Å². The van der Waals surface area contributed by atoms with E-state index in [2.05, 4.69) is 12.2 Å². The number of anilines is 1. The Bertz CT molecular complexity index is 1210. The number of nitrogens with zero attached hydrogens (tertiary/aromatic N) is 3. The molecule has 1 aromatic carbocycles. The van der Waals surface area contributed by atoms with E-state index in [4.69, 9.17) is 9.83 Å². The minimum Gasteiger partial charge on any atom is -0.312 e. The molecule has 0 radical (unpaired) electrons. The van der Waals surface area contributed by atoms with Crippen LogP contribution in [-0.2, 0) is 24.4 Å². The Kier molecular flexibility index (Phi) is 6.78. The Labute approximate surface area is 212 Å². The molecule has 0 bridgehead atoms. The van der Waals surface area contributed by atoms with Gasteiger partial charge in [-0.15, -0.1) is 0 Å². The van der Waals surface area contributed by atoms with Crippen molar-refractivity contribution in [3.63, 3.8) is 0 Å². The molecule has 1 saturated carbocycles. The Morgan fingerprint density at radius 3 is 2.50 bits per heavy atom. The summed E-state index contributed by atoms with van der Waals surface area (Å²) in [5.74, 6) is 1.66. The van der Waals surface area contributed by atoms with Crippen molar-refractivity contribution in [3.8, 4) is 0 Å². The smallest absolute Gasteiger partial charge is 0.253 e. The number of aliphatic imine (C=N–C) groups is 1. The molecule has 2 saturated heterocycles. The summed E-state index contributed by atoms with van der Waals surface area (Å²) < 4.78 is 27.5.